The van der Waals surface area contributed by atoms with E-state index in [0.717, 1.165) is 0 Å². The van der Waals surface area contributed by atoms with Gasteiger partial charge >= 0.3 is 5.97 Å². The molecule has 76 valence electrons. The van der Waals surface area contributed by atoms with E-state index >= 15 is 0 Å². The lowest BCUT2D eigenvalue weighted by molar-refractivity contribution is -0.147. The quantitative estimate of drug-likeness (QED) is 0.658. The van der Waals surface area contributed by atoms with Crippen LogP contribution in [0.3, 0.4) is 0 Å². The summed E-state index contributed by atoms with van der Waals surface area (Å²) in [5.41, 5.74) is 0. The summed E-state index contributed by atoms with van der Waals surface area (Å²) in [5, 5.41) is 8.52. The van der Waals surface area contributed by atoms with Crippen molar-refractivity contribution < 1.29 is 19.4 Å². The highest BCUT2D eigenvalue weighted by Crippen LogP contribution is 1.98. The maximum atomic E-state index is 11.3. The van der Waals surface area contributed by atoms with Gasteiger partial charge in [-0.1, -0.05) is 0 Å². The predicted molar refractivity (Wildman–Crippen MR) is 46.4 cm³/mol. The SMILES string of the molecule is COCC(=O)N(CC(=O)O)C(C)C. The highest BCUT2D eigenvalue weighted by molar-refractivity contribution is 5.82. The summed E-state index contributed by atoms with van der Waals surface area (Å²) < 4.78 is 4.63. The van der Waals surface area contributed by atoms with Gasteiger partial charge in [-0.05, 0) is 13.8 Å². The normalized spacial score (nSPS) is 10.2. The van der Waals surface area contributed by atoms with Crippen molar-refractivity contribution in [3.63, 3.8) is 0 Å². The minimum atomic E-state index is -1.02. The van der Waals surface area contributed by atoms with Crippen LogP contribution in [0.1, 0.15) is 13.8 Å². The summed E-state index contributed by atoms with van der Waals surface area (Å²) in [6.07, 6.45) is 0. The Morgan fingerprint density at radius 3 is 2.31 bits per heavy atom. The van der Waals surface area contributed by atoms with Gasteiger partial charge in [-0.15, -0.1) is 0 Å². The van der Waals surface area contributed by atoms with Crippen molar-refractivity contribution in [3.8, 4) is 0 Å². The lowest BCUT2D eigenvalue weighted by Crippen LogP contribution is -2.42. The lowest BCUT2D eigenvalue weighted by atomic mass is 10.3. The average Bonchev–Trinajstić information content (AvgIpc) is 1.99. The Balaban J connectivity index is 4.24. The minimum absolute atomic E-state index is 0.0779. The Morgan fingerprint density at radius 2 is 2.00 bits per heavy atom. The minimum Gasteiger partial charge on any atom is -0.480 e. The molecule has 0 aromatic rings. The Kier molecular flexibility index (Phi) is 5.06. The van der Waals surface area contributed by atoms with Gasteiger partial charge in [-0.2, -0.15) is 0 Å². The van der Waals surface area contributed by atoms with Gasteiger partial charge < -0.3 is 14.7 Å². The largest absolute Gasteiger partial charge is 0.480 e. The average molecular weight is 189 g/mol. The number of carbonyl (C=O) groups excluding carboxylic acids is 1. The van der Waals surface area contributed by atoms with Crippen molar-refractivity contribution in [3.05, 3.63) is 0 Å². The second-order valence-electron chi connectivity index (χ2n) is 2.94. The molecule has 0 heterocycles. The zero-order chi connectivity index (χ0) is 10.4. The first-order chi connectivity index (χ1) is 5.99. The number of nitrogens with zero attached hydrogens (tertiary/aromatic N) is 1. The van der Waals surface area contributed by atoms with Crippen molar-refractivity contribution in [2.75, 3.05) is 20.3 Å². The number of methoxy groups -OCH3 is 1. The lowest BCUT2D eigenvalue weighted by Gasteiger charge is -2.24. The van der Waals surface area contributed by atoms with Crippen LogP contribution >= 0.6 is 0 Å². The van der Waals surface area contributed by atoms with Crippen molar-refractivity contribution in [1.82, 2.24) is 4.90 Å². The molecule has 0 saturated carbocycles. The van der Waals surface area contributed by atoms with Gasteiger partial charge in [-0.25, -0.2) is 0 Å². The third-order valence-electron chi connectivity index (χ3n) is 1.52. The first kappa shape index (κ1) is 11.9. The number of hydrogen-bond acceptors (Lipinski definition) is 3. The molecule has 0 spiro atoms. The number of carbonyl (C=O) groups is 2. The van der Waals surface area contributed by atoms with E-state index < -0.39 is 5.97 Å². The van der Waals surface area contributed by atoms with Crippen LogP contribution < -0.4 is 0 Å². The van der Waals surface area contributed by atoms with Gasteiger partial charge in [0.05, 0.1) is 0 Å². The molecule has 0 bridgehead atoms. The Morgan fingerprint density at radius 1 is 1.46 bits per heavy atom. The molecule has 0 rings (SSSR count). The molecule has 0 radical (unpaired) electrons. The summed E-state index contributed by atoms with van der Waals surface area (Å²) in [7, 11) is 1.40. The summed E-state index contributed by atoms with van der Waals surface area (Å²) >= 11 is 0. The first-order valence-corrected chi connectivity index (χ1v) is 3.99. The third kappa shape index (κ3) is 4.47. The second kappa shape index (κ2) is 5.53. The molecule has 0 atom stereocenters. The molecule has 0 aliphatic heterocycles. The Labute approximate surface area is 77.3 Å². The topological polar surface area (TPSA) is 66.8 Å². The first-order valence-electron chi connectivity index (χ1n) is 3.99. The molecular formula is C8H15NO4. The van der Waals surface area contributed by atoms with E-state index in [9.17, 15) is 9.59 Å². The monoisotopic (exact) mass is 189 g/mol. The van der Waals surface area contributed by atoms with Crippen LogP contribution in [0.2, 0.25) is 0 Å². The predicted octanol–water partition coefficient (Wildman–Crippen LogP) is -0.0456. The summed E-state index contributed by atoms with van der Waals surface area (Å²) in [5.74, 6) is -1.32. The van der Waals surface area contributed by atoms with Crippen molar-refractivity contribution >= 4 is 11.9 Å². The number of carboxylic acid groups (broad SMARTS) is 1. The van der Waals surface area contributed by atoms with E-state index in [1.807, 2.05) is 0 Å². The van der Waals surface area contributed by atoms with Crippen LogP contribution in [-0.2, 0) is 14.3 Å². The van der Waals surface area contributed by atoms with E-state index in [2.05, 4.69) is 4.74 Å². The summed E-state index contributed by atoms with van der Waals surface area (Å²) in [6.45, 7) is 3.16. The van der Waals surface area contributed by atoms with Gasteiger partial charge in [0.2, 0.25) is 5.91 Å². The molecule has 5 nitrogen and oxygen atoms in total. The zero-order valence-corrected chi connectivity index (χ0v) is 8.11. The van der Waals surface area contributed by atoms with E-state index in [4.69, 9.17) is 5.11 Å². The van der Waals surface area contributed by atoms with Gasteiger partial charge in [0, 0.05) is 13.2 Å². The standard InChI is InChI=1S/C8H15NO4/c1-6(2)9(4-8(11)12)7(10)5-13-3/h6H,4-5H2,1-3H3,(H,11,12). The molecule has 0 fully saturated rings. The molecular weight excluding hydrogens is 174 g/mol. The molecule has 0 aliphatic rings. The van der Waals surface area contributed by atoms with Crippen molar-refractivity contribution in [1.29, 1.82) is 0 Å². The number of carboxylic acids is 1. The van der Waals surface area contributed by atoms with Crippen molar-refractivity contribution in [2.45, 2.75) is 19.9 Å². The molecule has 0 aliphatic carbocycles. The number of amides is 1. The number of hydrogen-bond donors (Lipinski definition) is 1. The molecule has 0 saturated heterocycles. The van der Waals surface area contributed by atoms with Gasteiger partial charge in [0.25, 0.3) is 0 Å². The Bertz CT molecular complexity index is 191. The van der Waals surface area contributed by atoms with Crippen LogP contribution in [-0.4, -0.2) is 48.2 Å². The van der Waals surface area contributed by atoms with E-state index in [0.29, 0.717) is 0 Å². The molecule has 0 unspecified atom stereocenters. The highest BCUT2D eigenvalue weighted by Gasteiger charge is 2.18. The molecule has 1 N–H and O–H groups in total. The molecule has 0 aromatic heterocycles. The van der Waals surface area contributed by atoms with E-state index in [1.165, 1.54) is 12.0 Å². The number of ether oxygens (including phenoxy) is 1. The zero-order valence-electron chi connectivity index (χ0n) is 8.11. The Hall–Kier alpha value is -1.10. The van der Waals surface area contributed by atoms with E-state index in [-0.39, 0.29) is 25.1 Å². The second-order valence-corrected chi connectivity index (χ2v) is 2.94. The fourth-order valence-electron chi connectivity index (χ4n) is 0.911. The van der Waals surface area contributed by atoms with Crippen LogP contribution in [0.25, 0.3) is 0 Å². The smallest absolute Gasteiger partial charge is 0.323 e. The molecule has 5 heteroatoms. The van der Waals surface area contributed by atoms with E-state index in [1.54, 1.807) is 13.8 Å². The fraction of sp³-hybridized carbons (Fsp3) is 0.750. The number of aliphatic carboxylic acids is 1. The van der Waals surface area contributed by atoms with Gasteiger partial charge in [-0.3, -0.25) is 9.59 Å². The van der Waals surface area contributed by atoms with Gasteiger partial charge in [0.1, 0.15) is 13.2 Å². The maximum Gasteiger partial charge on any atom is 0.323 e. The summed E-state index contributed by atoms with van der Waals surface area (Å²) in [4.78, 5) is 22.9. The molecule has 1 amide bonds. The van der Waals surface area contributed by atoms with Crippen LogP contribution in [0, 0.1) is 0 Å². The van der Waals surface area contributed by atoms with Crippen LogP contribution in [0.5, 0.6) is 0 Å². The van der Waals surface area contributed by atoms with Crippen LogP contribution in [0.15, 0.2) is 0 Å². The highest BCUT2D eigenvalue weighted by atomic mass is 16.5. The van der Waals surface area contributed by atoms with Crippen molar-refractivity contribution in [2.24, 2.45) is 0 Å². The summed E-state index contributed by atoms with van der Waals surface area (Å²) in [6, 6.07) is -0.126. The fourth-order valence-corrected chi connectivity index (χ4v) is 0.911. The number of rotatable bonds is 5. The van der Waals surface area contributed by atoms with Crippen LogP contribution in [0.4, 0.5) is 0 Å². The van der Waals surface area contributed by atoms with Gasteiger partial charge in [0.15, 0.2) is 0 Å². The molecule has 0 aromatic carbocycles. The molecule has 13 heavy (non-hydrogen) atoms. The maximum absolute atomic E-state index is 11.3. The third-order valence-corrected chi connectivity index (χ3v) is 1.52.